The van der Waals surface area contributed by atoms with Gasteiger partial charge in [-0.3, -0.25) is 4.57 Å². The van der Waals surface area contributed by atoms with Gasteiger partial charge in [-0.2, -0.15) is 0 Å². The molecule has 0 fully saturated rings. The van der Waals surface area contributed by atoms with Gasteiger partial charge in [0.05, 0.1) is 5.52 Å². The Bertz CT molecular complexity index is 1180. The van der Waals surface area contributed by atoms with Crippen molar-refractivity contribution in [3.8, 4) is 0 Å². The third-order valence-electron chi connectivity index (χ3n) is 3.59. The molecule has 0 amide bonds. The fourth-order valence-electron chi connectivity index (χ4n) is 2.38. The highest BCUT2D eigenvalue weighted by molar-refractivity contribution is 7.89. The summed E-state index contributed by atoms with van der Waals surface area (Å²) in [4.78, 5) is 16.2. The van der Waals surface area contributed by atoms with E-state index < -0.39 is 56.2 Å². The van der Waals surface area contributed by atoms with Crippen molar-refractivity contribution in [2.75, 3.05) is 6.54 Å². The lowest BCUT2D eigenvalue weighted by Crippen LogP contribution is -2.32. The zero-order valence-corrected chi connectivity index (χ0v) is 13.9. The van der Waals surface area contributed by atoms with E-state index in [9.17, 15) is 35.2 Å². The summed E-state index contributed by atoms with van der Waals surface area (Å²) in [5.74, 6) is -12.2. The van der Waals surface area contributed by atoms with Gasteiger partial charge < -0.3 is 4.98 Å². The molecule has 0 aliphatic heterocycles. The molecule has 27 heavy (non-hydrogen) atoms. The predicted molar refractivity (Wildman–Crippen MR) is 81.8 cm³/mol. The van der Waals surface area contributed by atoms with E-state index in [4.69, 9.17) is 0 Å². The maximum atomic E-state index is 13.7. The van der Waals surface area contributed by atoms with Gasteiger partial charge in [-0.1, -0.05) is 0 Å². The van der Waals surface area contributed by atoms with E-state index in [1.165, 1.54) is 6.20 Å². The molecule has 13 heteroatoms. The number of benzene rings is 1. The Balaban J connectivity index is 1.88. The zero-order chi connectivity index (χ0) is 19.9. The molecule has 1 aromatic carbocycles. The van der Waals surface area contributed by atoms with E-state index in [-0.39, 0.29) is 12.2 Å². The largest absolute Gasteiger partial charge is 0.327 e. The van der Waals surface area contributed by atoms with Crippen LogP contribution in [-0.4, -0.2) is 29.5 Å². The first-order valence-electron chi connectivity index (χ1n) is 7.19. The lowest BCUT2D eigenvalue weighted by molar-refractivity contribution is 0.357. The molecule has 0 aliphatic rings. The number of rotatable bonds is 5. The van der Waals surface area contributed by atoms with Crippen molar-refractivity contribution >= 4 is 21.2 Å². The van der Waals surface area contributed by atoms with Crippen molar-refractivity contribution in [3.63, 3.8) is 0 Å². The standard InChI is InChI=1S/C14H9F5N4O3S/c15-7-8(16)10(18)12(11(19)9(7)17)27(25,26)21-4-5-23-13-6(22-14(23)24)2-1-3-20-13/h1-3,21H,4-5H2,(H,22,24). The Kier molecular flexibility index (Phi) is 4.73. The third kappa shape index (κ3) is 3.19. The lowest BCUT2D eigenvalue weighted by atomic mass is 10.3. The second-order valence-electron chi connectivity index (χ2n) is 5.25. The van der Waals surface area contributed by atoms with Crippen LogP contribution in [0.4, 0.5) is 22.0 Å². The van der Waals surface area contributed by atoms with E-state index in [0.717, 1.165) is 4.57 Å². The topological polar surface area (TPSA) is 96.8 Å². The van der Waals surface area contributed by atoms with Crippen molar-refractivity contribution in [2.24, 2.45) is 0 Å². The van der Waals surface area contributed by atoms with E-state index in [1.54, 1.807) is 16.9 Å². The maximum Gasteiger partial charge on any atom is 0.327 e. The van der Waals surface area contributed by atoms with E-state index in [1.807, 2.05) is 0 Å². The van der Waals surface area contributed by atoms with Crippen LogP contribution in [0.1, 0.15) is 0 Å². The SMILES string of the molecule is O=c1[nH]c2cccnc2n1CCNS(=O)(=O)c1c(F)c(F)c(F)c(F)c1F. The molecule has 144 valence electrons. The Labute approximate surface area is 147 Å². The van der Waals surface area contributed by atoms with Gasteiger partial charge in [0, 0.05) is 19.3 Å². The number of H-pyrrole nitrogens is 1. The van der Waals surface area contributed by atoms with Crippen LogP contribution in [0.5, 0.6) is 0 Å². The van der Waals surface area contributed by atoms with Gasteiger partial charge >= 0.3 is 5.69 Å². The van der Waals surface area contributed by atoms with Crippen LogP contribution >= 0.6 is 0 Å². The third-order valence-corrected chi connectivity index (χ3v) is 5.07. The number of hydrogen-bond acceptors (Lipinski definition) is 4. The van der Waals surface area contributed by atoms with Gasteiger partial charge in [-0.15, -0.1) is 0 Å². The van der Waals surface area contributed by atoms with Crippen LogP contribution in [0.25, 0.3) is 11.2 Å². The lowest BCUT2D eigenvalue weighted by Gasteiger charge is -2.10. The summed E-state index contributed by atoms with van der Waals surface area (Å²) in [5.41, 5.74) is -0.0674. The number of nitrogens with one attached hydrogen (secondary N) is 2. The molecule has 0 bridgehead atoms. The summed E-state index contributed by atoms with van der Waals surface area (Å²) in [7, 11) is -5.10. The predicted octanol–water partition coefficient (Wildman–Crippen LogP) is 1.40. The molecule has 0 aliphatic carbocycles. The normalized spacial score (nSPS) is 12.0. The number of aromatic amines is 1. The molecule has 0 radical (unpaired) electrons. The molecule has 7 nitrogen and oxygen atoms in total. The van der Waals surface area contributed by atoms with Gasteiger partial charge in [0.15, 0.2) is 33.8 Å². The summed E-state index contributed by atoms with van der Waals surface area (Å²) in [6.07, 6.45) is 1.38. The number of aromatic nitrogens is 3. The summed E-state index contributed by atoms with van der Waals surface area (Å²) in [5, 5.41) is 0. The molecule has 2 heterocycles. The number of imidazole rings is 1. The molecule has 0 unspecified atom stereocenters. The molecular formula is C14H9F5N4O3S. The Morgan fingerprint density at radius 2 is 1.63 bits per heavy atom. The summed E-state index contributed by atoms with van der Waals surface area (Å²) >= 11 is 0. The monoisotopic (exact) mass is 408 g/mol. The summed E-state index contributed by atoms with van der Waals surface area (Å²) < 4.78 is 93.5. The highest BCUT2D eigenvalue weighted by atomic mass is 32.2. The highest BCUT2D eigenvalue weighted by Gasteiger charge is 2.33. The van der Waals surface area contributed by atoms with Crippen LogP contribution < -0.4 is 10.4 Å². The van der Waals surface area contributed by atoms with Crippen molar-refractivity contribution in [3.05, 3.63) is 57.9 Å². The van der Waals surface area contributed by atoms with E-state index >= 15 is 0 Å². The first kappa shape index (κ1) is 19.0. The first-order chi connectivity index (χ1) is 12.6. The molecule has 0 saturated carbocycles. The molecule has 0 atom stereocenters. The molecule has 0 spiro atoms. The van der Waals surface area contributed by atoms with Gasteiger partial charge in [0.2, 0.25) is 15.8 Å². The van der Waals surface area contributed by atoms with Crippen LogP contribution in [0.2, 0.25) is 0 Å². The zero-order valence-electron chi connectivity index (χ0n) is 13.1. The molecule has 0 saturated heterocycles. The number of fused-ring (bicyclic) bond motifs is 1. The second kappa shape index (κ2) is 6.74. The van der Waals surface area contributed by atoms with Crippen LogP contribution in [0, 0.1) is 29.1 Å². The van der Waals surface area contributed by atoms with Crippen LogP contribution in [-0.2, 0) is 16.6 Å². The van der Waals surface area contributed by atoms with E-state index in [2.05, 4.69) is 9.97 Å². The van der Waals surface area contributed by atoms with Gasteiger partial charge in [-0.25, -0.2) is 44.9 Å². The number of halogens is 5. The quantitative estimate of drug-likeness (QED) is 0.379. The van der Waals surface area contributed by atoms with Crippen LogP contribution in [0.15, 0.2) is 28.0 Å². The molecule has 3 rings (SSSR count). The fourth-order valence-corrected chi connectivity index (χ4v) is 3.54. The minimum Gasteiger partial charge on any atom is -0.304 e. The average molecular weight is 408 g/mol. The Hall–Kier alpha value is -2.80. The number of sulfonamides is 1. The van der Waals surface area contributed by atoms with Gasteiger partial charge in [0.1, 0.15) is 0 Å². The fraction of sp³-hybridized carbons (Fsp3) is 0.143. The average Bonchev–Trinajstić information content (AvgIpc) is 2.93. The van der Waals surface area contributed by atoms with Crippen molar-refractivity contribution in [1.29, 1.82) is 0 Å². The molecule has 2 N–H and O–H groups in total. The second-order valence-corrected chi connectivity index (χ2v) is 6.96. The molecule has 3 aromatic rings. The van der Waals surface area contributed by atoms with E-state index in [0.29, 0.717) is 5.52 Å². The molecule has 2 aromatic heterocycles. The van der Waals surface area contributed by atoms with Crippen molar-refractivity contribution in [2.45, 2.75) is 11.4 Å². The smallest absolute Gasteiger partial charge is 0.304 e. The number of pyridine rings is 1. The maximum absolute atomic E-state index is 13.7. The highest BCUT2D eigenvalue weighted by Crippen LogP contribution is 2.26. The Morgan fingerprint density at radius 3 is 2.26 bits per heavy atom. The van der Waals surface area contributed by atoms with Crippen molar-refractivity contribution in [1.82, 2.24) is 19.3 Å². The first-order valence-corrected chi connectivity index (χ1v) is 8.68. The van der Waals surface area contributed by atoms with Crippen molar-refractivity contribution < 1.29 is 30.4 Å². The minimum atomic E-state index is -5.10. The van der Waals surface area contributed by atoms with Gasteiger partial charge in [-0.05, 0) is 12.1 Å². The van der Waals surface area contributed by atoms with Crippen LogP contribution in [0.3, 0.4) is 0 Å². The van der Waals surface area contributed by atoms with Gasteiger partial charge in [0.25, 0.3) is 0 Å². The summed E-state index contributed by atoms with van der Waals surface area (Å²) in [6.45, 7) is -0.893. The summed E-state index contributed by atoms with van der Waals surface area (Å²) in [6, 6.07) is 3.09. The Morgan fingerprint density at radius 1 is 1.04 bits per heavy atom. The molecular weight excluding hydrogens is 399 g/mol. The minimum absolute atomic E-state index is 0.193. The number of hydrogen-bond donors (Lipinski definition) is 2. The number of nitrogens with zero attached hydrogens (tertiary/aromatic N) is 2.